The molecule has 11 nitrogen and oxygen atoms in total. The molecular weight excluding hydrogens is 463 g/mol. The Morgan fingerprint density at radius 1 is 1.21 bits per heavy atom. The van der Waals surface area contributed by atoms with Crippen molar-refractivity contribution in [2.75, 3.05) is 0 Å². The summed E-state index contributed by atoms with van der Waals surface area (Å²) in [5, 5.41) is 22.6. The molecular formula is C20H23CaFN6O5. The molecule has 33 heavy (non-hydrogen) atoms. The van der Waals surface area contributed by atoms with Gasteiger partial charge in [-0.2, -0.15) is 0 Å². The van der Waals surface area contributed by atoms with E-state index in [9.17, 15) is 23.9 Å². The quantitative estimate of drug-likeness (QED) is 0.432. The maximum atomic E-state index is 13.0. The fraction of sp³-hybridized carbons (Fsp3) is 0.300. The molecule has 0 bridgehead atoms. The number of rotatable bonds is 6. The van der Waals surface area contributed by atoms with Crippen LogP contribution >= 0.6 is 0 Å². The van der Waals surface area contributed by atoms with E-state index in [4.69, 9.17) is 4.42 Å². The van der Waals surface area contributed by atoms with Gasteiger partial charge < -0.3 is 23.0 Å². The summed E-state index contributed by atoms with van der Waals surface area (Å²) in [7, 11) is 1.34. The van der Waals surface area contributed by atoms with Gasteiger partial charge in [0.05, 0.1) is 5.54 Å². The summed E-state index contributed by atoms with van der Waals surface area (Å²) in [5.41, 5.74) is -2.06. The van der Waals surface area contributed by atoms with Crippen LogP contribution in [0.25, 0.3) is 0 Å². The third kappa shape index (κ3) is 5.95. The van der Waals surface area contributed by atoms with E-state index in [1.54, 1.807) is 13.8 Å². The van der Waals surface area contributed by atoms with Gasteiger partial charge in [0.25, 0.3) is 11.5 Å². The number of carbonyl (C=O) groups is 2. The number of hydrogen-bond acceptors (Lipinski definition) is 8. The van der Waals surface area contributed by atoms with Crippen LogP contribution in [0.3, 0.4) is 0 Å². The molecule has 0 radical (unpaired) electrons. The number of nitrogens with one attached hydrogen (secondary N) is 2. The van der Waals surface area contributed by atoms with E-state index < -0.39 is 40.2 Å². The minimum Gasteiger partial charge on any atom is -1.00 e. The molecule has 0 saturated carbocycles. The van der Waals surface area contributed by atoms with E-state index in [0.29, 0.717) is 5.56 Å². The van der Waals surface area contributed by atoms with Crippen LogP contribution in [0.15, 0.2) is 33.5 Å². The van der Waals surface area contributed by atoms with Crippen molar-refractivity contribution in [3.05, 3.63) is 69.3 Å². The van der Waals surface area contributed by atoms with Gasteiger partial charge in [-0.25, -0.2) is 9.37 Å². The zero-order valence-electron chi connectivity index (χ0n) is 20.5. The monoisotopic (exact) mass is 486 g/mol. The third-order valence-corrected chi connectivity index (χ3v) is 4.55. The predicted molar refractivity (Wildman–Crippen MR) is 116 cm³/mol. The second kappa shape index (κ2) is 10.4. The number of halogens is 1. The van der Waals surface area contributed by atoms with Crippen molar-refractivity contribution in [3.8, 4) is 5.75 Å². The molecule has 172 valence electrons. The van der Waals surface area contributed by atoms with Gasteiger partial charge in [-0.1, -0.05) is 12.1 Å². The van der Waals surface area contributed by atoms with Crippen molar-refractivity contribution in [2.24, 2.45) is 7.05 Å². The SMILES string of the molecule is Cc1nnc(C(=O)NC(C)(C)c2nc(C(=O)NCc3ccc(F)cc3)c(O)c(=O)n2C)o1.[Ca+2].[H-].[H-]. The summed E-state index contributed by atoms with van der Waals surface area (Å²) >= 11 is 0. The molecule has 0 aliphatic rings. The van der Waals surface area contributed by atoms with Gasteiger partial charge in [0.1, 0.15) is 11.6 Å². The molecule has 1 aromatic carbocycles. The normalized spacial score (nSPS) is 10.9. The molecule has 0 fully saturated rings. The average Bonchev–Trinajstić information content (AvgIpc) is 3.17. The Kier molecular flexibility index (Phi) is 8.33. The molecule has 0 spiro atoms. The minimum absolute atomic E-state index is 0. The zero-order chi connectivity index (χ0) is 23.6. The summed E-state index contributed by atoms with van der Waals surface area (Å²) in [6.45, 7) is 4.64. The van der Waals surface area contributed by atoms with Gasteiger partial charge in [-0.05, 0) is 31.5 Å². The van der Waals surface area contributed by atoms with Crippen molar-refractivity contribution < 1.29 is 26.4 Å². The fourth-order valence-corrected chi connectivity index (χ4v) is 2.96. The molecule has 2 amide bonds. The van der Waals surface area contributed by atoms with E-state index in [-0.39, 0.29) is 64.7 Å². The third-order valence-electron chi connectivity index (χ3n) is 4.55. The average molecular weight is 487 g/mol. The first kappa shape index (κ1) is 26.4. The second-order valence-electron chi connectivity index (χ2n) is 7.51. The molecule has 3 rings (SSSR count). The number of amides is 2. The Morgan fingerprint density at radius 2 is 1.85 bits per heavy atom. The molecule has 13 heteroatoms. The molecule has 3 N–H and O–H groups in total. The van der Waals surface area contributed by atoms with Crippen LogP contribution in [0, 0.1) is 12.7 Å². The summed E-state index contributed by atoms with van der Waals surface area (Å²) in [4.78, 5) is 41.7. The number of carbonyl (C=O) groups excluding carboxylic acids is 2. The van der Waals surface area contributed by atoms with Gasteiger partial charge in [0.15, 0.2) is 5.69 Å². The number of hydrogen-bond donors (Lipinski definition) is 3. The van der Waals surface area contributed by atoms with Crippen LogP contribution in [0.2, 0.25) is 0 Å². The first-order valence-corrected chi connectivity index (χ1v) is 9.45. The fourth-order valence-electron chi connectivity index (χ4n) is 2.96. The summed E-state index contributed by atoms with van der Waals surface area (Å²) in [6, 6.07) is 5.44. The molecule has 0 unspecified atom stereocenters. The largest absolute Gasteiger partial charge is 2.00 e. The van der Waals surface area contributed by atoms with Crippen molar-refractivity contribution in [1.29, 1.82) is 0 Å². The van der Waals surface area contributed by atoms with Crippen molar-refractivity contribution in [3.63, 3.8) is 0 Å². The molecule has 0 aliphatic heterocycles. The Hall–Kier alpha value is -2.83. The van der Waals surface area contributed by atoms with E-state index in [0.717, 1.165) is 4.57 Å². The van der Waals surface area contributed by atoms with Crippen LogP contribution in [0.5, 0.6) is 5.75 Å². The smallest absolute Gasteiger partial charge is 1.00 e. The van der Waals surface area contributed by atoms with Gasteiger partial charge >= 0.3 is 49.5 Å². The Labute approximate surface area is 220 Å². The van der Waals surface area contributed by atoms with Gasteiger partial charge in [-0.15, -0.1) is 10.2 Å². The van der Waals surface area contributed by atoms with E-state index in [2.05, 4.69) is 25.8 Å². The molecule has 0 saturated heterocycles. The number of aromatic nitrogens is 4. The topological polar surface area (TPSA) is 152 Å². The molecule has 0 atom stereocenters. The van der Waals surface area contributed by atoms with Crippen molar-refractivity contribution in [2.45, 2.75) is 32.9 Å². The first-order valence-electron chi connectivity index (χ1n) is 9.45. The van der Waals surface area contributed by atoms with Crippen molar-refractivity contribution in [1.82, 2.24) is 30.4 Å². The van der Waals surface area contributed by atoms with Gasteiger partial charge in [0, 0.05) is 20.5 Å². The van der Waals surface area contributed by atoms with Gasteiger partial charge in [-0.3, -0.25) is 19.0 Å². The van der Waals surface area contributed by atoms with Gasteiger partial charge in [0.2, 0.25) is 11.6 Å². The maximum absolute atomic E-state index is 13.0. The maximum Gasteiger partial charge on any atom is 2.00 e. The first-order chi connectivity index (χ1) is 15.0. The zero-order valence-corrected chi connectivity index (χ0v) is 20.7. The van der Waals surface area contributed by atoms with Crippen molar-refractivity contribution >= 4 is 49.6 Å². The number of aryl methyl sites for hydroxylation is 1. The number of aromatic hydroxyl groups is 1. The van der Waals surface area contributed by atoms with Crippen LogP contribution in [-0.4, -0.2) is 74.4 Å². The minimum atomic E-state index is -1.27. The van der Waals surface area contributed by atoms with E-state index in [1.165, 1.54) is 38.2 Å². The van der Waals surface area contributed by atoms with E-state index >= 15 is 0 Å². The summed E-state index contributed by atoms with van der Waals surface area (Å²) in [5.74, 6) is -2.88. The Bertz CT molecular complexity index is 1250. The Balaban J connectivity index is 0.00000385. The summed E-state index contributed by atoms with van der Waals surface area (Å²) in [6.07, 6.45) is 0. The second-order valence-corrected chi connectivity index (χ2v) is 7.51. The molecule has 2 heterocycles. The van der Waals surface area contributed by atoms with Crippen LogP contribution in [0.4, 0.5) is 4.39 Å². The molecule has 2 aromatic heterocycles. The molecule has 0 aliphatic carbocycles. The molecule has 3 aromatic rings. The van der Waals surface area contributed by atoms with Crippen LogP contribution in [-0.2, 0) is 19.1 Å². The van der Waals surface area contributed by atoms with Crippen LogP contribution in [0.1, 0.15) is 55.2 Å². The standard InChI is InChI=1S/C20H21FN6O5.Ca.2H/c1-10-25-26-17(32-10)16(30)24-20(2,3)19-23-13(14(28)18(31)27(19)4)15(29)22-9-11-5-7-12(21)8-6-11;;;/h5-8,28H,9H2,1-4H3,(H,22,29)(H,24,30);;;/q;+2;2*-1. The van der Waals surface area contributed by atoms with E-state index in [1.807, 2.05) is 0 Å². The number of benzene rings is 1. The Morgan fingerprint density at radius 3 is 2.42 bits per heavy atom. The number of nitrogens with zero attached hydrogens (tertiary/aromatic N) is 4. The summed E-state index contributed by atoms with van der Waals surface area (Å²) < 4.78 is 19.1. The predicted octanol–water partition coefficient (Wildman–Crippen LogP) is 0.756. The van der Waals surface area contributed by atoms with Crippen LogP contribution < -0.4 is 16.2 Å².